The molecule has 1 saturated heterocycles. The third kappa shape index (κ3) is 3.57. The Labute approximate surface area is 109 Å². The normalized spacial score (nSPS) is 20.6. The Morgan fingerprint density at radius 3 is 3.22 bits per heavy atom. The number of rotatable bonds is 4. The van der Waals surface area contributed by atoms with E-state index in [9.17, 15) is 0 Å². The van der Waals surface area contributed by atoms with Gasteiger partial charge in [-0.1, -0.05) is 6.92 Å². The lowest BCUT2D eigenvalue weighted by Gasteiger charge is -2.23. The second-order valence-electron chi connectivity index (χ2n) is 4.67. The maximum Gasteiger partial charge on any atom is 0.149 e. The minimum atomic E-state index is 0.251. The summed E-state index contributed by atoms with van der Waals surface area (Å²) >= 11 is 0. The van der Waals surface area contributed by atoms with Crippen molar-refractivity contribution < 1.29 is 4.74 Å². The van der Waals surface area contributed by atoms with E-state index in [-0.39, 0.29) is 6.10 Å². The zero-order valence-corrected chi connectivity index (χ0v) is 11.2. The number of aromatic nitrogens is 2. The monoisotopic (exact) mass is 250 g/mol. The molecule has 0 spiro atoms. The van der Waals surface area contributed by atoms with Crippen molar-refractivity contribution in [1.29, 1.82) is 0 Å². The second-order valence-corrected chi connectivity index (χ2v) is 4.67. The summed E-state index contributed by atoms with van der Waals surface area (Å²) in [7, 11) is 0. The van der Waals surface area contributed by atoms with Gasteiger partial charge in [0.25, 0.3) is 0 Å². The maximum atomic E-state index is 5.64. The van der Waals surface area contributed by atoms with Crippen LogP contribution in [-0.4, -0.2) is 42.3 Å². The minimum absolute atomic E-state index is 0.251. The summed E-state index contributed by atoms with van der Waals surface area (Å²) in [5.74, 6) is 1.79. The van der Waals surface area contributed by atoms with Crippen molar-refractivity contribution in [3.05, 3.63) is 12.4 Å². The highest BCUT2D eigenvalue weighted by Gasteiger charge is 2.16. The summed E-state index contributed by atoms with van der Waals surface area (Å²) in [5.41, 5.74) is 0. The van der Waals surface area contributed by atoms with Gasteiger partial charge >= 0.3 is 0 Å². The van der Waals surface area contributed by atoms with E-state index in [0.717, 1.165) is 50.7 Å². The SMILES string of the molecule is CCCNc1cncc(N2CCCOC(C)C2)n1. The van der Waals surface area contributed by atoms with Crippen LogP contribution in [0.15, 0.2) is 12.4 Å². The Morgan fingerprint density at radius 2 is 2.39 bits per heavy atom. The summed E-state index contributed by atoms with van der Waals surface area (Å²) in [5, 5.41) is 3.27. The highest BCUT2D eigenvalue weighted by atomic mass is 16.5. The molecule has 2 rings (SSSR count). The van der Waals surface area contributed by atoms with Crippen molar-refractivity contribution in [3.8, 4) is 0 Å². The van der Waals surface area contributed by atoms with Gasteiger partial charge in [0.2, 0.25) is 0 Å². The Morgan fingerprint density at radius 1 is 1.50 bits per heavy atom. The summed E-state index contributed by atoms with van der Waals surface area (Å²) in [6.07, 6.45) is 5.98. The first-order valence-electron chi connectivity index (χ1n) is 6.72. The van der Waals surface area contributed by atoms with Crippen LogP contribution in [0.25, 0.3) is 0 Å². The van der Waals surface area contributed by atoms with E-state index in [2.05, 4.69) is 34.0 Å². The lowest BCUT2D eigenvalue weighted by atomic mass is 10.3. The fraction of sp³-hybridized carbons (Fsp3) is 0.692. The fourth-order valence-corrected chi connectivity index (χ4v) is 2.05. The van der Waals surface area contributed by atoms with Crippen LogP contribution in [0.4, 0.5) is 11.6 Å². The first kappa shape index (κ1) is 13.1. The van der Waals surface area contributed by atoms with Crippen LogP contribution in [0.5, 0.6) is 0 Å². The van der Waals surface area contributed by atoms with E-state index >= 15 is 0 Å². The van der Waals surface area contributed by atoms with E-state index in [1.54, 1.807) is 6.20 Å². The number of nitrogens with one attached hydrogen (secondary N) is 1. The summed E-state index contributed by atoms with van der Waals surface area (Å²) in [6, 6.07) is 0. The molecule has 0 radical (unpaired) electrons. The second kappa shape index (κ2) is 6.54. The van der Waals surface area contributed by atoms with E-state index < -0.39 is 0 Å². The Balaban J connectivity index is 2.06. The molecule has 1 aliphatic heterocycles. The molecule has 5 heteroatoms. The van der Waals surface area contributed by atoms with Crippen LogP contribution in [0.2, 0.25) is 0 Å². The van der Waals surface area contributed by atoms with Crippen LogP contribution in [0.1, 0.15) is 26.7 Å². The Hall–Kier alpha value is -1.36. The lowest BCUT2D eigenvalue weighted by molar-refractivity contribution is 0.0820. The third-order valence-corrected chi connectivity index (χ3v) is 2.95. The summed E-state index contributed by atoms with van der Waals surface area (Å²) in [4.78, 5) is 11.1. The molecule has 2 heterocycles. The number of hydrogen-bond donors (Lipinski definition) is 1. The molecule has 0 bridgehead atoms. The van der Waals surface area contributed by atoms with Crippen molar-refractivity contribution in [2.24, 2.45) is 0 Å². The predicted molar refractivity (Wildman–Crippen MR) is 73.1 cm³/mol. The van der Waals surface area contributed by atoms with Crippen molar-refractivity contribution in [1.82, 2.24) is 9.97 Å². The molecule has 0 aromatic carbocycles. The molecule has 1 aromatic rings. The predicted octanol–water partition coefficient (Wildman–Crippen LogP) is 1.91. The van der Waals surface area contributed by atoms with Crippen molar-refractivity contribution in [2.75, 3.05) is 36.5 Å². The molecule has 0 aliphatic carbocycles. The molecular weight excluding hydrogens is 228 g/mol. The van der Waals surface area contributed by atoms with Crippen molar-refractivity contribution in [2.45, 2.75) is 32.8 Å². The van der Waals surface area contributed by atoms with Crippen molar-refractivity contribution in [3.63, 3.8) is 0 Å². The third-order valence-electron chi connectivity index (χ3n) is 2.95. The lowest BCUT2D eigenvalue weighted by Crippen LogP contribution is -2.31. The quantitative estimate of drug-likeness (QED) is 0.884. The molecule has 18 heavy (non-hydrogen) atoms. The number of ether oxygens (including phenoxy) is 1. The van der Waals surface area contributed by atoms with Gasteiger partial charge in [-0.25, -0.2) is 4.98 Å². The zero-order valence-electron chi connectivity index (χ0n) is 11.2. The highest BCUT2D eigenvalue weighted by molar-refractivity contribution is 5.44. The number of nitrogens with zero attached hydrogens (tertiary/aromatic N) is 3. The van der Waals surface area contributed by atoms with Gasteiger partial charge in [-0.15, -0.1) is 0 Å². The van der Waals surface area contributed by atoms with Gasteiger partial charge in [0, 0.05) is 26.2 Å². The van der Waals surface area contributed by atoms with Crippen molar-refractivity contribution >= 4 is 11.6 Å². The average molecular weight is 250 g/mol. The smallest absolute Gasteiger partial charge is 0.149 e. The van der Waals surface area contributed by atoms with E-state index in [0.29, 0.717) is 0 Å². The number of hydrogen-bond acceptors (Lipinski definition) is 5. The largest absolute Gasteiger partial charge is 0.377 e. The molecule has 0 saturated carbocycles. The molecule has 1 atom stereocenters. The van der Waals surface area contributed by atoms with Gasteiger partial charge in [-0.2, -0.15) is 0 Å². The van der Waals surface area contributed by atoms with E-state index in [1.165, 1.54) is 0 Å². The molecule has 100 valence electrons. The Bertz CT molecular complexity index is 372. The van der Waals surface area contributed by atoms with Gasteiger partial charge in [0.15, 0.2) is 0 Å². The Kier molecular flexibility index (Phi) is 4.75. The van der Waals surface area contributed by atoms with Gasteiger partial charge in [0.1, 0.15) is 11.6 Å². The molecule has 5 nitrogen and oxygen atoms in total. The molecule has 0 amide bonds. The van der Waals surface area contributed by atoms with Crippen LogP contribution in [0, 0.1) is 0 Å². The molecule has 1 fully saturated rings. The standard InChI is InChI=1S/C13H22N4O/c1-3-5-15-12-8-14-9-13(16-12)17-6-4-7-18-11(2)10-17/h8-9,11H,3-7,10H2,1-2H3,(H,15,16). The highest BCUT2D eigenvalue weighted by Crippen LogP contribution is 2.16. The van der Waals surface area contributed by atoms with Crippen LogP contribution in [-0.2, 0) is 4.74 Å². The topological polar surface area (TPSA) is 50.3 Å². The summed E-state index contributed by atoms with van der Waals surface area (Å²) in [6.45, 7) is 7.86. The van der Waals surface area contributed by atoms with Crippen LogP contribution >= 0.6 is 0 Å². The van der Waals surface area contributed by atoms with E-state index in [1.807, 2.05) is 6.20 Å². The van der Waals surface area contributed by atoms with Crippen LogP contribution < -0.4 is 10.2 Å². The van der Waals surface area contributed by atoms with Gasteiger partial charge in [-0.05, 0) is 19.8 Å². The maximum absolute atomic E-state index is 5.64. The van der Waals surface area contributed by atoms with E-state index in [4.69, 9.17) is 4.74 Å². The average Bonchev–Trinajstić information content (AvgIpc) is 2.61. The minimum Gasteiger partial charge on any atom is -0.377 e. The summed E-state index contributed by atoms with van der Waals surface area (Å²) < 4.78 is 5.64. The molecule has 1 N–H and O–H groups in total. The molecule has 1 aliphatic rings. The van der Waals surface area contributed by atoms with Gasteiger partial charge in [0.05, 0.1) is 18.5 Å². The van der Waals surface area contributed by atoms with Crippen LogP contribution in [0.3, 0.4) is 0 Å². The molecular formula is C13H22N4O. The first-order valence-corrected chi connectivity index (χ1v) is 6.72. The molecule has 1 unspecified atom stereocenters. The molecule has 1 aromatic heterocycles. The van der Waals surface area contributed by atoms with Gasteiger partial charge in [-0.3, -0.25) is 4.98 Å². The number of anilines is 2. The zero-order chi connectivity index (χ0) is 12.8. The van der Waals surface area contributed by atoms with Gasteiger partial charge < -0.3 is 15.0 Å². The first-order chi connectivity index (χ1) is 8.79. The fourth-order valence-electron chi connectivity index (χ4n) is 2.05.